The lowest BCUT2D eigenvalue weighted by molar-refractivity contribution is 0.0939. The van der Waals surface area contributed by atoms with Gasteiger partial charge < -0.3 is 10.2 Å². The predicted octanol–water partition coefficient (Wildman–Crippen LogP) is 2.50. The van der Waals surface area contributed by atoms with Crippen molar-refractivity contribution >= 4 is 21.6 Å². The van der Waals surface area contributed by atoms with Crippen molar-refractivity contribution in [2.45, 2.75) is 57.4 Å². The quantitative estimate of drug-likeness (QED) is 0.740. The Bertz CT molecular complexity index is 698. The first kappa shape index (κ1) is 19.7. The molecular weight excluding hydrogens is 338 g/mol. The molecule has 140 valence electrons. The first-order valence-electron chi connectivity index (χ1n) is 9.08. The average molecular weight is 368 g/mol. The molecule has 0 spiro atoms. The summed E-state index contributed by atoms with van der Waals surface area (Å²) in [6.45, 7) is 7.90. The highest BCUT2D eigenvalue weighted by Crippen LogP contribution is 2.29. The molecule has 1 fully saturated rings. The molecule has 1 atom stereocenters. The minimum Gasteiger partial charge on any atom is -0.370 e. The second-order valence-electron chi connectivity index (χ2n) is 6.56. The van der Waals surface area contributed by atoms with Crippen LogP contribution in [0.3, 0.4) is 0 Å². The second kappa shape index (κ2) is 8.67. The van der Waals surface area contributed by atoms with Gasteiger partial charge in [0.15, 0.2) is 0 Å². The van der Waals surface area contributed by atoms with E-state index in [1.807, 2.05) is 20.8 Å². The van der Waals surface area contributed by atoms with E-state index in [9.17, 15) is 13.2 Å². The van der Waals surface area contributed by atoms with Crippen molar-refractivity contribution in [3.8, 4) is 0 Å². The number of benzene rings is 1. The third kappa shape index (κ3) is 4.95. The zero-order chi connectivity index (χ0) is 18.4. The van der Waals surface area contributed by atoms with Crippen molar-refractivity contribution in [1.29, 1.82) is 0 Å². The van der Waals surface area contributed by atoms with Gasteiger partial charge in [0.1, 0.15) is 4.90 Å². The molecule has 1 aromatic carbocycles. The van der Waals surface area contributed by atoms with Gasteiger partial charge >= 0.3 is 0 Å². The van der Waals surface area contributed by atoms with Crippen LogP contribution in [0.15, 0.2) is 23.1 Å². The number of rotatable bonds is 8. The molecule has 1 amide bonds. The van der Waals surface area contributed by atoms with Crippen LogP contribution < -0.4 is 14.9 Å². The molecule has 2 N–H and O–H groups in total. The van der Waals surface area contributed by atoms with E-state index >= 15 is 0 Å². The Morgan fingerprint density at radius 2 is 1.92 bits per heavy atom. The van der Waals surface area contributed by atoms with Gasteiger partial charge in [-0.25, -0.2) is 13.1 Å². The largest absolute Gasteiger partial charge is 0.370 e. The fourth-order valence-electron chi connectivity index (χ4n) is 2.81. The molecule has 0 aromatic heterocycles. The maximum Gasteiger partial charge on any atom is 0.251 e. The van der Waals surface area contributed by atoms with Crippen molar-refractivity contribution in [3.05, 3.63) is 23.8 Å². The molecule has 0 bridgehead atoms. The summed E-state index contributed by atoms with van der Waals surface area (Å²) in [6.07, 6.45) is 3.64. The maximum atomic E-state index is 12.8. The van der Waals surface area contributed by atoms with Crippen LogP contribution in [0.25, 0.3) is 0 Å². The van der Waals surface area contributed by atoms with Crippen LogP contribution >= 0.6 is 0 Å². The monoisotopic (exact) mass is 367 g/mol. The molecule has 0 unspecified atom stereocenters. The van der Waals surface area contributed by atoms with Crippen LogP contribution in [0.2, 0.25) is 0 Å². The third-order valence-electron chi connectivity index (χ3n) is 4.49. The Morgan fingerprint density at radius 1 is 1.24 bits per heavy atom. The second-order valence-corrected chi connectivity index (χ2v) is 8.29. The highest BCUT2D eigenvalue weighted by Gasteiger charge is 2.25. The molecule has 7 heteroatoms. The van der Waals surface area contributed by atoms with Gasteiger partial charge in [0.25, 0.3) is 5.91 Å². The van der Waals surface area contributed by atoms with Crippen LogP contribution in [0.4, 0.5) is 5.69 Å². The van der Waals surface area contributed by atoms with Gasteiger partial charge in [-0.2, -0.15) is 0 Å². The molecule has 6 nitrogen and oxygen atoms in total. The number of nitrogens with zero attached hydrogens (tertiary/aromatic N) is 1. The Labute approximate surface area is 151 Å². The molecule has 0 aliphatic carbocycles. The SMILES string of the molecule is CCCNS(=O)(=O)c1cc(C(=O)N[C@@H](C)CC)ccc1N1CCCC1. The van der Waals surface area contributed by atoms with Crippen molar-refractivity contribution in [1.82, 2.24) is 10.0 Å². The topological polar surface area (TPSA) is 78.5 Å². The minimum atomic E-state index is -3.65. The smallest absolute Gasteiger partial charge is 0.251 e. The fraction of sp³-hybridized carbons (Fsp3) is 0.611. The van der Waals surface area contributed by atoms with Crippen LogP contribution in [0, 0.1) is 0 Å². The molecule has 1 heterocycles. The van der Waals surface area contributed by atoms with Crippen LogP contribution in [-0.2, 0) is 10.0 Å². The van der Waals surface area contributed by atoms with Gasteiger partial charge in [0.2, 0.25) is 10.0 Å². The zero-order valence-corrected chi connectivity index (χ0v) is 16.2. The van der Waals surface area contributed by atoms with E-state index in [1.54, 1.807) is 12.1 Å². The summed E-state index contributed by atoms with van der Waals surface area (Å²) in [5.41, 5.74) is 1.06. The van der Waals surface area contributed by atoms with Gasteiger partial charge in [0.05, 0.1) is 5.69 Å². The van der Waals surface area contributed by atoms with E-state index in [-0.39, 0.29) is 16.8 Å². The first-order chi connectivity index (χ1) is 11.9. The van der Waals surface area contributed by atoms with Crippen LogP contribution in [0.5, 0.6) is 0 Å². The Balaban J connectivity index is 2.40. The van der Waals surface area contributed by atoms with E-state index in [2.05, 4.69) is 14.9 Å². The third-order valence-corrected chi connectivity index (χ3v) is 5.98. The highest BCUT2D eigenvalue weighted by molar-refractivity contribution is 7.89. The van der Waals surface area contributed by atoms with Gasteiger partial charge in [-0.15, -0.1) is 0 Å². The molecule has 1 aliphatic rings. The number of carbonyl (C=O) groups is 1. The Kier molecular flexibility index (Phi) is 6.84. The number of hydrogen-bond donors (Lipinski definition) is 2. The predicted molar refractivity (Wildman–Crippen MR) is 101 cm³/mol. The lowest BCUT2D eigenvalue weighted by Crippen LogP contribution is -2.33. The molecule has 1 saturated heterocycles. The number of hydrogen-bond acceptors (Lipinski definition) is 4. The van der Waals surface area contributed by atoms with E-state index < -0.39 is 10.0 Å². The van der Waals surface area contributed by atoms with Crippen molar-refractivity contribution < 1.29 is 13.2 Å². The fourth-order valence-corrected chi connectivity index (χ4v) is 4.20. The van der Waals surface area contributed by atoms with Crippen molar-refractivity contribution in [2.75, 3.05) is 24.5 Å². The zero-order valence-electron chi connectivity index (χ0n) is 15.3. The summed E-state index contributed by atoms with van der Waals surface area (Å²) in [7, 11) is -3.65. The summed E-state index contributed by atoms with van der Waals surface area (Å²) in [5, 5.41) is 2.89. The van der Waals surface area contributed by atoms with Gasteiger partial charge in [-0.3, -0.25) is 4.79 Å². The molecule has 25 heavy (non-hydrogen) atoms. The lowest BCUT2D eigenvalue weighted by Gasteiger charge is -2.22. The summed E-state index contributed by atoms with van der Waals surface area (Å²) in [4.78, 5) is 14.7. The summed E-state index contributed by atoms with van der Waals surface area (Å²) >= 11 is 0. The number of sulfonamides is 1. The van der Waals surface area contributed by atoms with Crippen molar-refractivity contribution in [3.63, 3.8) is 0 Å². The number of nitrogens with one attached hydrogen (secondary N) is 2. The molecule has 1 aliphatic heterocycles. The summed E-state index contributed by atoms with van der Waals surface area (Å²) in [5.74, 6) is -0.241. The standard InChI is InChI=1S/C18H29N3O3S/c1-4-10-19-25(23,24)17-13-15(18(22)20-14(3)5-2)8-9-16(17)21-11-6-7-12-21/h8-9,13-14,19H,4-7,10-12H2,1-3H3,(H,20,22)/t14-/m0/s1. The maximum absolute atomic E-state index is 12.8. The van der Waals surface area contributed by atoms with Crippen molar-refractivity contribution in [2.24, 2.45) is 0 Å². The van der Waals surface area contributed by atoms with Crippen LogP contribution in [0.1, 0.15) is 56.8 Å². The Morgan fingerprint density at radius 3 is 2.52 bits per heavy atom. The Hall–Kier alpha value is -1.60. The van der Waals surface area contributed by atoms with E-state index in [4.69, 9.17) is 0 Å². The van der Waals surface area contributed by atoms with Gasteiger partial charge in [-0.1, -0.05) is 13.8 Å². The molecule has 2 rings (SSSR count). The molecule has 0 saturated carbocycles. The molecule has 0 radical (unpaired) electrons. The average Bonchev–Trinajstić information content (AvgIpc) is 3.13. The van der Waals surface area contributed by atoms with E-state index in [1.165, 1.54) is 6.07 Å². The van der Waals surface area contributed by atoms with E-state index in [0.717, 1.165) is 32.4 Å². The van der Waals surface area contributed by atoms with Gasteiger partial charge in [0, 0.05) is 31.2 Å². The van der Waals surface area contributed by atoms with E-state index in [0.29, 0.717) is 24.2 Å². The minimum absolute atomic E-state index is 0.0454. The lowest BCUT2D eigenvalue weighted by atomic mass is 10.1. The highest BCUT2D eigenvalue weighted by atomic mass is 32.2. The molecular formula is C18H29N3O3S. The number of carbonyl (C=O) groups excluding carboxylic acids is 1. The summed E-state index contributed by atoms with van der Waals surface area (Å²) in [6, 6.07) is 5.02. The van der Waals surface area contributed by atoms with Gasteiger partial charge in [-0.05, 0) is 50.8 Å². The molecule has 1 aromatic rings. The number of anilines is 1. The normalized spacial score (nSPS) is 16.0. The van der Waals surface area contributed by atoms with Crippen LogP contribution in [-0.4, -0.2) is 40.0 Å². The first-order valence-corrected chi connectivity index (χ1v) is 10.6. The summed E-state index contributed by atoms with van der Waals surface area (Å²) < 4.78 is 28.1. The number of amides is 1.